The quantitative estimate of drug-likeness (QED) is 0.521. The molecular weight excluding hydrogens is 372 g/mol. The van der Waals surface area contributed by atoms with Gasteiger partial charge in [-0.05, 0) is 60.7 Å². The Morgan fingerprint density at radius 2 is 1.50 bits per heavy atom. The van der Waals surface area contributed by atoms with Crippen LogP contribution in [-0.4, -0.2) is 13.5 Å². The maximum atomic E-state index is 13.3. The second-order valence-electron chi connectivity index (χ2n) is 5.76. The number of para-hydroxylation sites is 1. The maximum Gasteiger partial charge on any atom is 0.211 e. The summed E-state index contributed by atoms with van der Waals surface area (Å²) in [6.45, 7) is 0. The van der Waals surface area contributed by atoms with Gasteiger partial charge in [-0.1, -0.05) is 23.7 Å². The lowest BCUT2D eigenvalue weighted by atomic mass is 10.1. The Hall–Kier alpha value is -2.76. The average molecular weight is 385 g/mol. The van der Waals surface area contributed by atoms with Crippen LogP contribution in [-0.2, 0) is 9.84 Å². The first-order chi connectivity index (χ1) is 12.5. The molecule has 1 heterocycles. The lowest BCUT2D eigenvalue weighted by Gasteiger charge is -2.06. The number of hydrogen-bond donors (Lipinski definition) is 1. The molecule has 0 fully saturated rings. The van der Waals surface area contributed by atoms with Gasteiger partial charge in [0.1, 0.15) is 16.2 Å². The third-order valence-electron chi connectivity index (χ3n) is 4.07. The summed E-state index contributed by atoms with van der Waals surface area (Å²) in [7, 11) is -3.87. The normalized spacial score (nSPS) is 11.7. The van der Waals surface area contributed by atoms with Crippen LogP contribution < -0.4 is 0 Å². The van der Waals surface area contributed by atoms with E-state index in [1.807, 2.05) is 0 Å². The number of rotatable bonds is 3. The smallest absolute Gasteiger partial charge is 0.211 e. The van der Waals surface area contributed by atoms with Gasteiger partial charge in [0.05, 0.1) is 4.90 Å². The summed E-state index contributed by atoms with van der Waals surface area (Å²) in [5, 5.41) is 10.5. The van der Waals surface area contributed by atoms with Gasteiger partial charge in [0.15, 0.2) is 5.76 Å². The second kappa shape index (κ2) is 6.20. The van der Waals surface area contributed by atoms with Crippen molar-refractivity contribution in [3.63, 3.8) is 0 Å². The first kappa shape index (κ1) is 16.7. The predicted molar refractivity (Wildman–Crippen MR) is 100 cm³/mol. The number of phenols is 1. The van der Waals surface area contributed by atoms with Crippen molar-refractivity contribution in [1.82, 2.24) is 0 Å². The molecule has 6 heteroatoms. The van der Waals surface area contributed by atoms with Gasteiger partial charge in [-0.3, -0.25) is 0 Å². The molecule has 0 atom stereocenters. The number of halogens is 1. The van der Waals surface area contributed by atoms with Gasteiger partial charge in [0, 0.05) is 16.0 Å². The molecule has 0 radical (unpaired) electrons. The van der Waals surface area contributed by atoms with Crippen LogP contribution in [0.25, 0.3) is 22.3 Å². The van der Waals surface area contributed by atoms with Crippen molar-refractivity contribution in [3.05, 3.63) is 77.8 Å². The summed E-state index contributed by atoms with van der Waals surface area (Å²) in [6, 6.07) is 19.2. The molecule has 26 heavy (non-hydrogen) atoms. The van der Waals surface area contributed by atoms with Gasteiger partial charge in [-0.25, -0.2) is 8.42 Å². The van der Waals surface area contributed by atoms with Crippen LogP contribution in [0.5, 0.6) is 5.75 Å². The van der Waals surface area contributed by atoms with Crippen LogP contribution in [0.3, 0.4) is 0 Å². The lowest BCUT2D eigenvalue weighted by molar-refractivity contribution is 0.475. The summed E-state index contributed by atoms with van der Waals surface area (Å²) >= 11 is 5.95. The predicted octanol–water partition coefficient (Wildman–Crippen LogP) is 5.29. The zero-order valence-electron chi connectivity index (χ0n) is 13.4. The van der Waals surface area contributed by atoms with Crippen molar-refractivity contribution >= 4 is 32.4 Å². The van der Waals surface area contributed by atoms with Gasteiger partial charge >= 0.3 is 0 Å². The molecule has 0 aliphatic rings. The maximum absolute atomic E-state index is 13.3. The van der Waals surface area contributed by atoms with Gasteiger partial charge in [0.25, 0.3) is 0 Å². The summed E-state index contributed by atoms with van der Waals surface area (Å²) in [6.07, 6.45) is 0. The third kappa shape index (κ3) is 2.75. The third-order valence-corrected chi connectivity index (χ3v) is 6.16. The minimum Gasteiger partial charge on any atom is -0.508 e. The molecule has 130 valence electrons. The number of aromatic hydroxyl groups is 1. The minimum atomic E-state index is -3.87. The van der Waals surface area contributed by atoms with Crippen molar-refractivity contribution in [2.75, 3.05) is 0 Å². The van der Waals surface area contributed by atoms with Crippen LogP contribution in [0, 0.1) is 0 Å². The fourth-order valence-electron chi connectivity index (χ4n) is 2.82. The average Bonchev–Trinajstić information content (AvgIpc) is 3.03. The van der Waals surface area contributed by atoms with E-state index < -0.39 is 9.84 Å². The molecule has 0 saturated heterocycles. The fourth-order valence-corrected chi connectivity index (χ4v) is 4.54. The highest BCUT2D eigenvalue weighted by Gasteiger charge is 2.28. The highest BCUT2D eigenvalue weighted by Crippen LogP contribution is 2.40. The van der Waals surface area contributed by atoms with E-state index in [2.05, 4.69) is 0 Å². The molecule has 4 nitrogen and oxygen atoms in total. The summed E-state index contributed by atoms with van der Waals surface area (Å²) in [5.74, 6) is 0.259. The second-order valence-corrected chi connectivity index (χ2v) is 8.08. The number of benzene rings is 3. The van der Waals surface area contributed by atoms with E-state index in [9.17, 15) is 13.5 Å². The van der Waals surface area contributed by atoms with Crippen molar-refractivity contribution in [1.29, 1.82) is 0 Å². The Balaban J connectivity index is 2.03. The molecular formula is C20H13ClO4S. The largest absolute Gasteiger partial charge is 0.508 e. The van der Waals surface area contributed by atoms with Crippen molar-refractivity contribution in [2.45, 2.75) is 9.79 Å². The number of sulfone groups is 1. The molecule has 0 amide bonds. The van der Waals surface area contributed by atoms with E-state index in [-0.39, 0.29) is 21.3 Å². The standard InChI is InChI=1S/C20H13ClO4S/c21-14-7-5-13(6-8-14)19-20(17-3-1-2-4-18(17)25-19)26(23,24)16-11-9-15(22)10-12-16/h1-12,22H. The minimum absolute atomic E-state index is 0.000994. The molecule has 0 aliphatic carbocycles. The van der Waals surface area contributed by atoms with Crippen LogP contribution in [0.1, 0.15) is 0 Å². The first-order valence-electron chi connectivity index (χ1n) is 7.78. The Kier molecular flexibility index (Phi) is 3.98. The first-order valence-corrected chi connectivity index (χ1v) is 9.64. The van der Waals surface area contributed by atoms with Crippen LogP contribution >= 0.6 is 11.6 Å². The molecule has 1 N–H and O–H groups in total. The summed E-state index contributed by atoms with van der Waals surface area (Å²) < 4.78 is 32.5. The van der Waals surface area contributed by atoms with E-state index in [4.69, 9.17) is 16.0 Å². The highest BCUT2D eigenvalue weighted by molar-refractivity contribution is 7.91. The molecule has 4 aromatic rings. The summed E-state index contributed by atoms with van der Waals surface area (Å²) in [5.41, 5.74) is 1.10. The van der Waals surface area contributed by atoms with Crippen LogP contribution in [0.15, 0.2) is 87.0 Å². The highest BCUT2D eigenvalue weighted by atomic mass is 35.5. The lowest BCUT2D eigenvalue weighted by Crippen LogP contribution is -2.02. The number of furan rings is 1. The number of hydrogen-bond acceptors (Lipinski definition) is 4. The van der Waals surface area contributed by atoms with E-state index in [0.29, 0.717) is 21.6 Å². The zero-order chi connectivity index (χ0) is 18.3. The van der Waals surface area contributed by atoms with Crippen molar-refractivity contribution < 1.29 is 17.9 Å². The topological polar surface area (TPSA) is 67.5 Å². The van der Waals surface area contributed by atoms with E-state index in [1.165, 1.54) is 24.3 Å². The van der Waals surface area contributed by atoms with Crippen molar-refractivity contribution in [3.8, 4) is 17.1 Å². The van der Waals surface area contributed by atoms with Gasteiger partial charge in [-0.2, -0.15) is 0 Å². The van der Waals surface area contributed by atoms with Crippen LogP contribution in [0.4, 0.5) is 0 Å². The zero-order valence-corrected chi connectivity index (χ0v) is 15.0. The van der Waals surface area contributed by atoms with Gasteiger partial charge < -0.3 is 9.52 Å². The number of phenolic OH excluding ortho intramolecular Hbond substituents is 1. The van der Waals surface area contributed by atoms with Gasteiger partial charge in [-0.15, -0.1) is 0 Å². The molecule has 0 saturated carbocycles. The Labute approximate surface area is 155 Å². The number of fused-ring (bicyclic) bond motifs is 1. The molecule has 3 aromatic carbocycles. The Morgan fingerprint density at radius 3 is 2.19 bits per heavy atom. The molecule has 0 spiro atoms. The fraction of sp³-hybridized carbons (Fsp3) is 0. The molecule has 4 rings (SSSR count). The van der Waals surface area contributed by atoms with E-state index in [1.54, 1.807) is 48.5 Å². The van der Waals surface area contributed by atoms with Gasteiger partial charge in [0.2, 0.25) is 9.84 Å². The SMILES string of the molecule is O=S(=O)(c1ccc(O)cc1)c1c(-c2ccc(Cl)cc2)oc2ccccc12. The molecule has 0 bridgehead atoms. The Morgan fingerprint density at radius 1 is 0.846 bits per heavy atom. The van der Waals surface area contributed by atoms with E-state index in [0.717, 1.165) is 0 Å². The van der Waals surface area contributed by atoms with E-state index >= 15 is 0 Å². The van der Waals surface area contributed by atoms with Crippen molar-refractivity contribution in [2.24, 2.45) is 0 Å². The monoisotopic (exact) mass is 384 g/mol. The Bertz CT molecular complexity index is 1190. The summed E-state index contributed by atoms with van der Waals surface area (Å²) in [4.78, 5) is 0.179. The van der Waals surface area contributed by atoms with Crippen LogP contribution in [0.2, 0.25) is 5.02 Å². The molecule has 0 aliphatic heterocycles. The molecule has 1 aromatic heterocycles. The molecule has 0 unspecified atom stereocenters.